The summed E-state index contributed by atoms with van der Waals surface area (Å²) in [5.74, 6) is 0.485. The summed E-state index contributed by atoms with van der Waals surface area (Å²) < 4.78 is 13.0. The normalized spacial score (nSPS) is 10.9. The lowest BCUT2D eigenvalue weighted by molar-refractivity contribution is 0.296. The Bertz CT molecular complexity index is 933. The van der Waals surface area contributed by atoms with E-state index in [4.69, 9.17) is 5.11 Å². The van der Waals surface area contributed by atoms with E-state index in [2.05, 4.69) is 30.8 Å². The molecule has 8 nitrogen and oxygen atoms in total. The van der Waals surface area contributed by atoms with Crippen LogP contribution in [0.3, 0.4) is 0 Å². The number of aromatic nitrogens is 3. The van der Waals surface area contributed by atoms with Crippen molar-refractivity contribution >= 4 is 23.8 Å². The van der Waals surface area contributed by atoms with E-state index in [0.717, 1.165) is 0 Å². The topological polar surface area (TPSA) is 116 Å². The first kappa shape index (κ1) is 18.2. The number of para-hydroxylation sites is 1. The summed E-state index contributed by atoms with van der Waals surface area (Å²) in [6.07, 6.45) is 1.66. The van der Waals surface area contributed by atoms with Gasteiger partial charge in [0.1, 0.15) is 17.4 Å². The maximum absolute atomic E-state index is 13.0. The quantitative estimate of drug-likeness (QED) is 0.374. The van der Waals surface area contributed by atoms with E-state index >= 15 is 0 Å². The number of nitrogens with one attached hydrogen (secondary N) is 2. The molecule has 9 heteroatoms. The number of hydrogen-bond acceptors (Lipinski definition) is 8. The van der Waals surface area contributed by atoms with Crippen molar-refractivity contribution in [2.45, 2.75) is 6.42 Å². The highest BCUT2D eigenvalue weighted by Crippen LogP contribution is 2.16. The van der Waals surface area contributed by atoms with Crippen LogP contribution in [0.2, 0.25) is 0 Å². The Kier molecular flexibility index (Phi) is 5.85. The lowest BCUT2D eigenvalue weighted by Crippen LogP contribution is -2.08. The summed E-state index contributed by atoms with van der Waals surface area (Å²) in [5.41, 5.74) is 3.79. The molecule has 0 unspecified atom stereocenters. The van der Waals surface area contributed by atoms with Crippen LogP contribution in [0.15, 0.2) is 53.6 Å². The van der Waals surface area contributed by atoms with Crippen molar-refractivity contribution in [3.63, 3.8) is 0 Å². The van der Waals surface area contributed by atoms with Crippen molar-refractivity contribution < 1.29 is 14.6 Å². The number of phenolic OH excluding ortho intramolecular Hbond substituents is 1. The van der Waals surface area contributed by atoms with E-state index in [-0.39, 0.29) is 36.5 Å². The molecule has 3 rings (SSSR count). The molecule has 0 bridgehead atoms. The fourth-order valence-corrected chi connectivity index (χ4v) is 2.16. The average molecular weight is 368 g/mol. The molecule has 1 heterocycles. The molecule has 3 aromatic rings. The monoisotopic (exact) mass is 368 g/mol. The molecule has 0 aliphatic rings. The van der Waals surface area contributed by atoms with Crippen LogP contribution in [0.25, 0.3) is 0 Å². The zero-order valence-electron chi connectivity index (χ0n) is 14.2. The van der Waals surface area contributed by atoms with Crippen LogP contribution in [0, 0.1) is 5.82 Å². The summed E-state index contributed by atoms with van der Waals surface area (Å²) in [6, 6.07) is 12.5. The Morgan fingerprint density at radius 2 is 1.74 bits per heavy atom. The van der Waals surface area contributed by atoms with Crippen LogP contribution in [-0.4, -0.2) is 38.0 Å². The highest BCUT2D eigenvalue weighted by molar-refractivity contribution is 5.83. The molecule has 0 atom stereocenters. The molecule has 0 saturated carbocycles. The van der Waals surface area contributed by atoms with Gasteiger partial charge in [-0.1, -0.05) is 12.1 Å². The fourth-order valence-electron chi connectivity index (χ4n) is 2.16. The summed E-state index contributed by atoms with van der Waals surface area (Å²) in [7, 11) is 0. The van der Waals surface area contributed by atoms with Crippen molar-refractivity contribution in [2.75, 3.05) is 17.3 Å². The molecule has 2 aromatic carbocycles. The average Bonchev–Trinajstić information content (AvgIpc) is 2.65. The van der Waals surface area contributed by atoms with Gasteiger partial charge in [0.25, 0.3) is 0 Å². The smallest absolute Gasteiger partial charge is 0.248 e. The predicted octanol–water partition coefficient (Wildman–Crippen LogP) is 2.44. The molecule has 0 amide bonds. The van der Waals surface area contributed by atoms with Gasteiger partial charge < -0.3 is 15.5 Å². The summed E-state index contributed by atoms with van der Waals surface area (Å²) in [6.45, 7) is -0.124. The van der Waals surface area contributed by atoms with Gasteiger partial charge in [0, 0.05) is 17.7 Å². The third-order valence-corrected chi connectivity index (χ3v) is 3.42. The van der Waals surface area contributed by atoms with Gasteiger partial charge >= 0.3 is 0 Å². The number of hydrogen-bond donors (Lipinski definition) is 4. The summed E-state index contributed by atoms with van der Waals surface area (Å²) >= 11 is 0. The lowest BCUT2D eigenvalue weighted by Gasteiger charge is -2.08. The van der Waals surface area contributed by atoms with Crippen molar-refractivity contribution in [2.24, 2.45) is 5.10 Å². The number of hydrazone groups is 1. The zero-order chi connectivity index (χ0) is 19.1. The Morgan fingerprint density at radius 1 is 1.00 bits per heavy atom. The van der Waals surface area contributed by atoms with Crippen LogP contribution in [-0.2, 0) is 6.42 Å². The SMILES string of the molecule is OCCc1nc(N/N=C/c2ccccc2O)nc(Nc2ccc(F)cc2)n1. The number of aliphatic hydroxyl groups is 1. The van der Waals surface area contributed by atoms with Crippen LogP contribution in [0.4, 0.5) is 22.0 Å². The Morgan fingerprint density at radius 3 is 2.48 bits per heavy atom. The number of halogens is 1. The standard InChI is InChI=1S/C18H17FN6O2/c19-13-5-7-14(8-6-13)21-17-22-16(9-10-26)23-18(24-17)25-20-11-12-3-1-2-4-15(12)27/h1-8,11,26-27H,9-10H2,(H2,21,22,23,24,25)/b20-11+. The molecule has 0 aliphatic carbocycles. The second kappa shape index (κ2) is 8.68. The van der Waals surface area contributed by atoms with Gasteiger partial charge in [0.15, 0.2) is 0 Å². The van der Waals surface area contributed by atoms with Crippen LogP contribution >= 0.6 is 0 Å². The molecule has 0 spiro atoms. The van der Waals surface area contributed by atoms with E-state index < -0.39 is 0 Å². The molecule has 138 valence electrons. The number of anilines is 3. The lowest BCUT2D eigenvalue weighted by atomic mass is 10.2. The van der Waals surface area contributed by atoms with Gasteiger partial charge in [-0.25, -0.2) is 9.82 Å². The highest BCUT2D eigenvalue weighted by atomic mass is 19.1. The van der Waals surface area contributed by atoms with E-state index in [9.17, 15) is 9.50 Å². The van der Waals surface area contributed by atoms with Gasteiger partial charge in [-0.2, -0.15) is 20.1 Å². The van der Waals surface area contributed by atoms with Crippen LogP contribution < -0.4 is 10.7 Å². The molecule has 0 fully saturated rings. The number of rotatable bonds is 7. The van der Waals surface area contributed by atoms with Gasteiger partial charge in [0.05, 0.1) is 12.8 Å². The molecule has 1 aromatic heterocycles. The minimum absolute atomic E-state index is 0.0957. The Labute approximate surface area is 154 Å². The molecule has 0 saturated heterocycles. The number of benzene rings is 2. The van der Waals surface area contributed by atoms with Crippen molar-refractivity contribution in [3.05, 3.63) is 65.7 Å². The minimum atomic E-state index is -0.349. The number of aliphatic hydroxyl groups excluding tert-OH is 1. The van der Waals surface area contributed by atoms with E-state index in [0.29, 0.717) is 17.1 Å². The second-order valence-corrected chi connectivity index (χ2v) is 5.43. The maximum atomic E-state index is 13.0. The van der Waals surface area contributed by atoms with Gasteiger partial charge in [-0.05, 0) is 36.4 Å². The molecular formula is C18H17FN6O2. The molecule has 0 radical (unpaired) electrons. The third kappa shape index (κ3) is 5.19. The molecular weight excluding hydrogens is 351 g/mol. The maximum Gasteiger partial charge on any atom is 0.248 e. The molecule has 27 heavy (non-hydrogen) atoms. The zero-order valence-corrected chi connectivity index (χ0v) is 14.2. The van der Waals surface area contributed by atoms with Gasteiger partial charge in [0.2, 0.25) is 11.9 Å². The fraction of sp³-hybridized carbons (Fsp3) is 0.111. The first-order valence-corrected chi connectivity index (χ1v) is 8.09. The van der Waals surface area contributed by atoms with Crippen LogP contribution in [0.1, 0.15) is 11.4 Å². The molecule has 0 aliphatic heterocycles. The Hall–Kier alpha value is -3.59. The van der Waals surface area contributed by atoms with E-state index in [1.165, 1.54) is 18.3 Å². The number of phenols is 1. The minimum Gasteiger partial charge on any atom is -0.507 e. The highest BCUT2D eigenvalue weighted by Gasteiger charge is 2.07. The number of aromatic hydroxyl groups is 1. The predicted molar refractivity (Wildman–Crippen MR) is 99.6 cm³/mol. The first-order chi connectivity index (χ1) is 13.1. The molecule has 4 N–H and O–H groups in total. The van der Waals surface area contributed by atoms with Crippen molar-refractivity contribution in [3.8, 4) is 5.75 Å². The van der Waals surface area contributed by atoms with Crippen LogP contribution in [0.5, 0.6) is 5.75 Å². The number of nitrogens with zero attached hydrogens (tertiary/aromatic N) is 4. The second-order valence-electron chi connectivity index (χ2n) is 5.43. The summed E-state index contributed by atoms with van der Waals surface area (Å²) in [5, 5.41) is 25.8. The van der Waals surface area contributed by atoms with Gasteiger partial charge in [-0.3, -0.25) is 0 Å². The largest absolute Gasteiger partial charge is 0.507 e. The van der Waals surface area contributed by atoms with Crippen molar-refractivity contribution in [1.82, 2.24) is 15.0 Å². The van der Waals surface area contributed by atoms with Crippen molar-refractivity contribution in [1.29, 1.82) is 0 Å². The van der Waals surface area contributed by atoms with E-state index in [1.807, 2.05) is 0 Å². The Balaban J connectivity index is 1.78. The third-order valence-electron chi connectivity index (χ3n) is 3.42. The van der Waals surface area contributed by atoms with Gasteiger partial charge in [-0.15, -0.1) is 0 Å². The van der Waals surface area contributed by atoms with E-state index in [1.54, 1.807) is 36.4 Å². The summed E-state index contributed by atoms with van der Waals surface area (Å²) in [4.78, 5) is 12.6. The first-order valence-electron chi connectivity index (χ1n) is 8.09.